The number of imide groups is 2. The van der Waals surface area contributed by atoms with Crippen molar-refractivity contribution in [3.63, 3.8) is 0 Å². The fourth-order valence-corrected chi connectivity index (χ4v) is 3.79. The lowest BCUT2D eigenvalue weighted by Crippen LogP contribution is -2.54. The molecular formula is C27H23ClN2O5. The molecule has 35 heavy (non-hydrogen) atoms. The van der Waals surface area contributed by atoms with Crippen molar-refractivity contribution in [2.75, 3.05) is 11.5 Å². The van der Waals surface area contributed by atoms with Crippen molar-refractivity contribution in [2.24, 2.45) is 0 Å². The number of aryl methyl sites for hydroxylation is 1. The number of barbiturate groups is 1. The molecule has 1 fully saturated rings. The minimum absolute atomic E-state index is 0.168. The number of nitrogens with one attached hydrogen (secondary N) is 1. The summed E-state index contributed by atoms with van der Waals surface area (Å²) in [5.41, 5.74) is 2.45. The molecule has 4 amide bonds. The topological polar surface area (TPSA) is 84.9 Å². The number of nitrogens with zero attached hydrogens (tertiary/aromatic N) is 1. The van der Waals surface area contributed by atoms with Gasteiger partial charge in [-0.05, 0) is 61.4 Å². The number of amides is 4. The molecule has 0 bridgehead atoms. The largest absolute Gasteiger partial charge is 0.490 e. The molecule has 1 saturated heterocycles. The van der Waals surface area contributed by atoms with Crippen LogP contribution in [0.5, 0.6) is 11.5 Å². The summed E-state index contributed by atoms with van der Waals surface area (Å²) in [6, 6.07) is 18.6. The van der Waals surface area contributed by atoms with E-state index < -0.39 is 17.8 Å². The van der Waals surface area contributed by atoms with E-state index in [0.717, 1.165) is 16.0 Å². The highest BCUT2D eigenvalue weighted by atomic mass is 35.5. The summed E-state index contributed by atoms with van der Waals surface area (Å²) >= 11 is 6.21. The van der Waals surface area contributed by atoms with Crippen LogP contribution in [0.25, 0.3) is 6.08 Å². The molecule has 0 saturated carbocycles. The van der Waals surface area contributed by atoms with Crippen molar-refractivity contribution in [3.05, 3.63) is 94.0 Å². The summed E-state index contributed by atoms with van der Waals surface area (Å²) in [7, 11) is 0. The van der Waals surface area contributed by atoms with Crippen molar-refractivity contribution in [1.29, 1.82) is 0 Å². The first-order valence-corrected chi connectivity index (χ1v) is 11.4. The maximum atomic E-state index is 13.1. The fourth-order valence-electron chi connectivity index (χ4n) is 3.60. The molecule has 0 aromatic heterocycles. The predicted molar refractivity (Wildman–Crippen MR) is 134 cm³/mol. The lowest BCUT2D eigenvalue weighted by molar-refractivity contribution is -0.122. The molecule has 1 aliphatic rings. The number of ether oxygens (including phenoxy) is 2. The molecule has 3 aromatic carbocycles. The van der Waals surface area contributed by atoms with Gasteiger partial charge in [-0.15, -0.1) is 0 Å². The van der Waals surface area contributed by atoms with E-state index >= 15 is 0 Å². The Bertz CT molecular complexity index is 1330. The Balaban J connectivity index is 1.62. The first kappa shape index (κ1) is 24.0. The maximum Gasteiger partial charge on any atom is 0.335 e. The number of halogens is 1. The Morgan fingerprint density at radius 3 is 2.49 bits per heavy atom. The first-order valence-electron chi connectivity index (χ1n) is 11.0. The normalized spacial score (nSPS) is 14.8. The van der Waals surface area contributed by atoms with Gasteiger partial charge in [-0.25, -0.2) is 9.69 Å². The minimum Gasteiger partial charge on any atom is -0.490 e. The second kappa shape index (κ2) is 10.4. The van der Waals surface area contributed by atoms with E-state index in [1.165, 1.54) is 6.08 Å². The molecule has 0 aliphatic carbocycles. The van der Waals surface area contributed by atoms with Crippen molar-refractivity contribution in [2.45, 2.75) is 20.5 Å². The highest BCUT2D eigenvalue weighted by Crippen LogP contribution is 2.31. The van der Waals surface area contributed by atoms with Gasteiger partial charge in [0.25, 0.3) is 11.8 Å². The van der Waals surface area contributed by atoms with Crippen LogP contribution >= 0.6 is 11.6 Å². The number of carbonyl (C=O) groups excluding carboxylic acids is 3. The molecule has 178 valence electrons. The molecule has 0 unspecified atom stereocenters. The number of hydrogen-bond donors (Lipinski definition) is 1. The zero-order valence-corrected chi connectivity index (χ0v) is 20.0. The standard InChI is InChI=1S/C27H23ClN2O5/c1-3-34-24-15-18(11-12-23(24)35-16-19-8-4-5-10-22(19)28)14-21-25(31)29-27(33)30(26(21)32)20-9-6-7-17(2)13-20/h4-15H,3,16H2,1-2H3,(H,29,31,33)/b21-14+. The number of rotatable bonds is 7. The van der Waals surface area contributed by atoms with Gasteiger partial charge in [-0.3, -0.25) is 14.9 Å². The molecular weight excluding hydrogens is 468 g/mol. The summed E-state index contributed by atoms with van der Waals surface area (Å²) in [6.07, 6.45) is 1.42. The number of carbonyl (C=O) groups is 3. The average Bonchev–Trinajstić information content (AvgIpc) is 2.82. The molecule has 3 aromatic rings. The van der Waals surface area contributed by atoms with Crippen LogP contribution in [0.2, 0.25) is 5.02 Å². The number of anilines is 1. The first-order chi connectivity index (χ1) is 16.9. The van der Waals surface area contributed by atoms with Gasteiger partial charge in [0.1, 0.15) is 12.2 Å². The van der Waals surface area contributed by atoms with Crippen LogP contribution in [-0.4, -0.2) is 24.5 Å². The van der Waals surface area contributed by atoms with Crippen molar-refractivity contribution in [1.82, 2.24) is 5.32 Å². The highest BCUT2D eigenvalue weighted by Gasteiger charge is 2.36. The molecule has 7 nitrogen and oxygen atoms in total. The van der Waals surface area contributed by atoms with Gasteiger partial charge in [0.05, 0.1) is 12.3 Å². The van der Waals surface area contributed by atoms with Gasteiger partial charge in [0.2, 0.25) is 0 Å². The van der Waals surface area contributed by atoms with Crippen LogP contribution in [-0.2, 0) is 16.2 Å². The van der Waals surface area contributed by atoms with E-state index in [4.69, 9.17) is 21.1 Å². The Labute approximate surface area is 207 Å². The number of benzene rings is 3. The molecule has 8 heteroatoms. The summed E-state index contributed by atoms with van der Waals surface area (Å²) in [5, 5.41) is 2.83. The Morgan fingerprint density at radius 1 is 0.943 bits per heavy atom. The van der Waals surface area contributed by atoms with Crippen LogP contribution in [0.3, 0.4) is 0 Å². The molecule has 0 radical (unpaired) electrons. The van der Waals surface area contributed by atoms with E-state index in [9.17, 15) is 14.4 Å². The highest BCUT2D eigenvalue weighted by molar-refractivity contribution is 6.39. The van der Waals surface area contributed by atoms with Crippen LogP contribution in [0, 0.1) is 6.92 Å². The van der Waals surface area contributed by atoms with Crippen LogP contribution < -0.4 is 19.7 Å². The second-order valence-electron chi connectivity index (χ2n) is 7.82. The van der Waals surface area contributed by atoms with Gasteiger partial charge in [-0.2, -0.15) is 0 Å². The lowest BCUT2D eigenvalue weighted by Gasteiger charge is -2.26. The third kappa shape index (κ3) is 5.36. The van der Waals surface area contributed by atoms with Crippen molar-refractivity contribution in [3.8, 4) is 11.5 Å². The molecule has 1 N–H and O–H groups in total. The maximum absolute atomic E-state index is 13.1. The molecule has 0 spiro atoms. The SMILES string of the molecule is CCOc1cc(/C=C2\C(=O)NC(=O)N(c3cccc(C)c3)C2=O)ccc1OCc1ccccc1Cl. The smallest absolute Gasteiger partial charge is 0.335 e. The van der Waals surface area contributed by atoms with Gasteiger partial charge >= 0.3 is 6.03 Å². The van der Waals surface area contributed by atoms with Crippen LogP contribution in [0.15, 0.2) is 72.3 Å². The average molecular weight is 491 g/mol. The Hall–Kier alpha value is -4.10. The summed E-state index contributed by atoms with van der Waals surface area (Å²) in [6.45, 7) is 4.32. The quantitative estimate of drug-likeness (QED) is 0.359. The zero-order chi connectivity index (χ0) is 24.9. The van der Waals surface area contributed by atoms with Crippen LogP contribution in [0.4, 0.5) is 10.5 Å². The zero-order valence-electron chi connectivity index (χ0n) is 19.2. The predicted octanol–water partition coefficient (Wildman–Crippen LogP) is 5.29. The summed E-state index contributed by atoms with van der Waals surface area (Å²) in [4.78, 5) is 39.0. The molecule has 0 atom stereocenters. The van der Waals surface area contributed by atoms with Gasteiger partial charge in [0.15, 0.2) is 11.5 Å². The monoisotopic (exact) mass is 490 g/mol. The minimum atomic E-state index is -0.791. The lowest BCUT2D eigenvalue weighted by atomic mass is 10.1. The van der Waals surface area contributed by atoms with E-state index in [1.54, 1.807) is 42.5 Å². The third-order valence-corrected chi connectivity index (χ3v) is 5.65. The van der Waals surface area contributed by atoms with E-state index in [-0.39, 0.29) is 12.2 Å². The summed E-state index contributed by atoms with van der Waals surface area (Å²) in [5.74, 6) is -0.531. The second-order valence-corrected chi connectivity index (χ2v) is 8.22. The molecule has 1 heterocycles. The van der Waals surface area contributed by atoms with Crippen molar-refractivity contribution < 1.29 is 23.9 Å². The van der Waals surface area contributed by atoms with E-state index in [0.29, 0.717) is 34.4 Å². The Morgan fingerprint density at radius 2 is 1.74 bits per heavy atom. The van der Waals surface area contributed by atoms with E-state index in [1.807, 2.05) is 38.1 Å². The third-order valence-electron chi connectivity index (χ3n) is 5.28. The molecule has 1 aliphatic heterocycles. The number of hydrogen-bond acceptors (Lipinski definition) is 5. The van der Waals surface area contributed by atoms with Gasteiger partial charge in [-0.1, -0.05) is 48.0 Å². The van der Waals surface area contributed by atoms with Gasteiger partial charge in [0, 0.05) is 10.6 Å². The van der Waals surface area contributed by atoms with E-state index in [2.05, 4.69) is 5.32 Å². The Kier molecular flexibility index (Phi) is 7.17. The van der Waals surface area contributed by atoms with Crippen LogP contribution in [0.1, 0.15) is 23.6 Å². The number of urea groups is 1. The van der Waals surface area contributed by atoms with Gasteiger partial charge < -0.3 is 9.47 Å². The fraction of sp³-hybridized carbons (Fsp3) is 0.148. The molecule has 4 rings (SSSR count). The van der Waals surface area contributed by atoms with Crippen molar-refractivity contribution >= 4 is 41.2 Å². The summed E-state index contributed by atoms with van der Waals surface area (Å²) < 4.78 is 11.6.